The summed E-state index contributed by atoms with van der Waals surface area (Å²) in [6.07, 6.45) is -0.976. The van der Waals surface area contributed by atoms with E-state index in [1.165, 1.54) is 13.0 Å². The van der Waals surface area contributed by atoms with Crippen LogP contribution in [0.4, 0.5) is 8.78 Å². The summed E-state index contributed by atoms with van der Waals surface area (Å²) >= 11 is 0. The van der Waals surface area contributed by atoms with Gasteiger partial charge in [-0.15, -0.1) is 12.4 Å². The Morgan fingerprint density at radius 3 is 2.65 bits per heavy atom. The SMILES string of the molecule is C[C@H](N)C(=O)NCC(O)COc1ccc(F)c(F)c1.Cl. The van der Waals surface area contributed by atoms with Crippen molar-refractivity contribution >= 4 is 18.3 Å². The molecule has 0 saturated carbocycles. The van der Waals surface area contributed by atoms with Crippen molar-refractivity contribution in [1.29, 1.82) is 0 Å². The standard InChI is InChI=1S/C12H16F2N2O3.ClH/c1-7(15)12(18)16-5-8(17)6-19-9-2-3-10(13)11(14)4-9;/h2-4,7-8,17H,5-6,15H2,1H3,(H,16,18);1H/t7-,8?;/m0./s1. The third kappa shape index (κ3) is 6.14. The second kappa shape index (κ2) is 8.68. The van der Waals surface area contributed by atoms with Crippen molar-refractivity contribution in [3.63, 3.8) is 0 Å². The maximum absolute atomic E-state index is 12.9. The molecule has 0 aromatic heterocycles. The van der Waals surface area contributed by atoms with Crippen LogP contribution in [0.15, 0.2) is 18.2 Å². The van der Waals surface area contributed by atoms with E-state index in [-0.39, 0.29) is 31.3 Å². The maximum atomic E-state index is 12.9. The molecule has 1 aromatic rings. The number of nitrogens with one attached hydrogen (secondary N) is 1. The van der Waals surface area contributed by atoms with Crippen LogP contribution >= 0.6 is 12.4 Å². The Morgan fingerprint density at radius 1 is 1.45 bits per heavy atom. The Morgan fingerprint density at radius 2 is 2.10 bits per heavy atom. The van der Waals surface area contributed by atoms with E-state index in [1.807, 2.05) is 0 Å². The fourth-order valence-electron chi connectivity index (χ4n) is 1.20. The highest BCUT2D eigenvalue weighted by Gasteiger charge is 2.11. The lowest BCUT2D eigenvalue weighted by atomic mass is 10.3. The number of hydrogen-bond donors (Lipinski definition) is 3. The van der Waals surface area contributed by atoms with E-state index in [0.717, 1.165) is 12.1 Å². The van der Waals surface area contributed by atoms with Gasteiger partial charge in [-0.3, -0.25) is 4.79 Å². The predicted molar refractivity (Wildman–Crippen MR) is 71.8 cm³/mol. The van der Waals surface area contributed by atoms with Crippen molar-refractivity contribution < 1.29 is 23.4 Å². The molecule has 0 spiro atoms. The first-order valence-corrected chi connectivity index (χ1v) is 5.69. The summed E-state index contributed by atoms with van der Waals surface area (Å²) < 4.78 is 30.6. The third-order valence-electron chi connectivity index (χ3n) is 2.26. The van der Waals surface area contributed by atoms with Crippen molar-refractivity contribution in [2.45, 2.75) is 19.1 Å². The molecule has 0 radical (unpaired) electrons. The van der Waals surface area contributed by atoms with Gasteiger partial charge in [-0.1, -0.05) is 0 Å². The number of hydrogen-bond acceptors (Lipinski definition) is 4. The Labute approximate surface area is 121 Å². The third-order valence-corrected chi connectivity index (χ3v) is 2.26. The summed E-state index contributed by atoms with van der Waals surface area (Å²) in [5.41, 5.74) is 5.32. The molecule has 20 heavy (non-hydrogen) atoms. The molecule has 0 heterocycles. The van der Waals surface area contributed by atoms with Gasteiger partial charge < -0.3 is 20.9 Å². The summed E-state index contributed by atoms with van der Waals surface area (Å²) in [6.45, 7) is 1.31. The second-order valence-corrected chi connectivity index (χ2v) is 4.07. The molecule has 1 unspecified atom stereocenters. The van der Waals surface area contributed by atoms with E-state index in [9.17, 15) is 18.7 Å². The number of carbonyl (C=O) groups excluding carboxylic acids is 1. The number of aliphatic hydroxyl groups excluding tert-OH is 1. The molecule has 0 saturated heterocycles. The normalized spacial score (nSPS) is 13.1. The van der Waals surface area contributed by atoms with Crippen molar-refractivity contribution in [1.82, 2.24) is 5.32 Å². The zero-order valence-corrected chi connectivity index (χ0v) is 11.6. The molecule has 0 aliphatic rings. The Balaban J connectivity index is 0.00000361. The molecule has 2 atom stereocenters. The first-order chi connectivity index (χ1) is 8.90. The molecule has 8 heteroatoms. The summed E-state index contributed by atoms with van der Waals surface area (Å²) in [6, 6.07) is 2.38. The van der Waals surface area contributed by atoms with Crippen molar-refractivity contribution in [2.75, 3.05) is 13.2 Å². The molecule has 5 nitrogen and oxygen atoms in total. The van der Waals surface area contributed by atoms with Crippen LogP contribution in [0.5, 0.6) is 5.75 Å². The van der Waals surface area contributed by atoms with Crippen molar-refractivity contribution in [3.8, 4) is 5.75 Å². The Kier molecular flexibility index (Phi) is 8.05. The Bertz CT molecular complexity index is 447. The molecular formula is C12H17ClF2N2O3. The van der Waals surface area contributed by atoms with Crippen LogP contribution in [0.2, 0.25) is 0 Å². The number of amides is 1. The number of benzene rings is 1. The number of ether oxygens (including phenoxy) is 1. The molecule has 1 aromatic carbocycles. The molecule has 1 amide bonds. The van der Waals surface area contributed by atoms with Crippen molar-refractivity contribution in [3.05, 3.63) is 29.8 Å². The highest BCUT2D eigenvalue weighted by Crippen LogP contribution is 2.15. The van der Waals surface area contributed by atoms with Crippen molar-refractivity contribution in [2.24, 2.45) is 5.73 Å². The van der Waals surface area contributed by atoms with E-state index in [2.05, 4.69) is 5.32 Å². The highest BCUT2D eigenvalue weighted by atomic mass is 35.5. The van der Waals surface area contributed by atoms with Crippen LogP contribution in [0, 0.1) is 11.6 Å². The maximum Gasteiger partial charge on any atom is 0.236 e. The van der Waals surface area contributed by atoms with Gasteiger partial charge in [0.1, 0.15) is 18.5 Å². The zero-order valence-electron chi connectivity index (χ0n) is 10.8. The van der Waals surface area contributed by atoms with Gasteiger partial charge in [0.25, 0.3) is 0 Å². The van der Waals surface area contributed by atoms with E-state index in [1.54, 1.807) is 0 Å². The quantitative estimate of drug-likeness (QED) is 0.718. The Hall–Kier alpha value is -1.44. The molecule has 0 aliphatic carbocycles. The average molecular weight is 311 g/mol. The van der Waals surface area contributed by atoms with Gasteiger partial charge in [0.2, 0.25) is 5.91 Å². The topological polar surface area (TPSA) is 84.6 Å². The van der Waals surface area contributed by atoms with Gasteiger partial charge in [0, 0.05) is 12.6 Å². The number of halogens is 3. The van der Waals surface area contributed by atoms with Crippen LogP contribution in [0.25, 0.3) is 0 Å². The minimum absolute atomic E-state index is 0. The number of aliphatic hydroxyl groups is 1. The molecular weight excluding hydrogens is 294 g/mol. The lowest BCUT2D eigenvalue weighted by molar-refractivity contribution is -0.122. The van der Waals surface area contributed by atoms with Crippen LogP contribution in [0.3, 0.4) is 0 Å². The largest absolute Gasteiger partial charge is 0.491 e. The summed E-state index contributed by atoms with van der Waals surface area (Å²) in [5, 5.41) is 11.9. The van der Waals surface area contributed by atoms with E-state index in [0.29, 0.717) is 0 Å². The van der Waals surface area contributed by atoms with E-state index in [4.69, 9.17) is 10.5 Å². The summed E-state index contributed by atoms with van der Waals surface area (Å²) in [5.74, 6) is -2.31. The van der Waals surface area contributed by atoms with Gasteiger partial charge in [-0.25, -0.2) is 8.78 Å². The highest BCUT2D eigenvalue weighted by molar-refractivity contribution is 5.85. The smallest absolute Gasteiger partial charge is 0.236 e. The molecule has 0 bridgehead atoms. The lowest BCUT2D eigenvalue weighted by Crippen LogP contribution is -2.42. The minimum atomic E-state index is -1.03. The second-order valence-electron chi connectivity index (χ2n) is 4.07. The molecule has 4 N–H and O–H groups in total. The van der Waals surface area contributed by atoms with Crippen LogP contribution in [0.1, 0.15) is 6.92 Å². The molecule has 1 rings (SSSR count). The molecule has 0 fully saturated rings. The minimum Gasteiger partial charge on any atom is -0.491 e. The van der Waals surface area contributed by atoms with Crippen LogP contribution in [-0.4, -0.2) is 36.3 Å². The van der Waals surface area contributed by atoms with Gasteiger partial charge in [0.05, 0.1) is 6.04 Å². The van der Waals surface area contributed by atoms with Gasteiger partial charge in [-0.05, 0) is 19.1 Å². The van der Waals surface area contributed by atoms with Crippen LogP contribution < -0.4 is 15.8 Å². The summed E-state index contributed by atoms with van der Waals surface area (Å²) in [7, 11) is 0. The molecule has 0 aliphatic heterocycles. The first-order valence-electron chi connectivity index (χ1n) is 5.69. The number of nitrogens with two attached hydrogens (primary N) is 1. The van der Waals surface area contributed by atoms with Gasteiger partial charge in [-0.2, -0.15) is 0 Å². The zero-order chi connectivity index (χ0) is 14.4. The fourth-order valence-corrected chi connectivity index (χ4v) is 1.20. The summed E-state index contributed by atoms with van der Waals surface area (Å²) in [4.78, 5) is 11.1. The first kappa shape index (κ1) is 18.6. The molecule has 114 valence electrons. The van der Waals surface area contributed by atoms with Gasteiger partial charge >= 0.3 is 0 Å². The fraction of sp³-hybridized carbons (Fsp3) is 0.417. The van der Waals surface area contributed by atoms with E-state index >= 15 is 0 Å². The number of carbonyl (C=O) groups is 1. The van der Waals surface area contributed by atoms with Gasteiger partial charge in [0.15, 0.2) is 11.6 Å². The van der Waals surface area contributed by atoms with E-state index < -0.39 is 29.7 Å². The van der Waals surface area contributed by atoms with Crippen LogP contribution in [-0.2, 0) is 4.79 Å². The monoisotopic (exact) mass is 310 g/mol. The average Bonchev–Trinajstić information content (AvgIpc) is 2.37. The lowest BCUT2D eigenvalue weighted by Gasteiger charge is -2.14. The predicted octanol–water partition coefficient (Wildman–Crippen LogP) is 0.590. The number of rotatable bonds is 6.